The molecule has 1 aromatic carbocycles. The second kappa shape index (κ2) is 6.66. The van der Waals surface area contributed by atoms with Crippen molar-refractivity contribution < 1.29 is 13.2 Å². The summed E-state index contributed by atoms with van der Waals surface area (Å²) in [4.78, 5) is 8.32. The summed E-state index contributed by atoms with van der Waals surface area (Å²) in [5.74, 6) is -2.51. The van der Waals surface area contributed by atoms with Crippen molar-refractivity contribution in [1.29, 1.82) is 0 Å². The first kappa shape index (κ1) is 15.4. The molecule has 0 saturated heterocycles. The van der Waals surface area contributed by atoms with Crippen LogP contribution in [0, 0.1) is 17.5 Å². The van der Waals surface area contributed by atoms with Crippen LogP contribution in [0.1, 0.15) is 6.92 Å². The normalized spacial score (nSPS) is 10.5. The van der Waals surface area contributed by atoms with Crippen molar-refractivity contribution in [3.05, 3.63) is 35.7 Å². The van der Waals surface area contributed by atoms with Gasteiger partial charge in [-0.3, -0.25) is 0 Å². The highest BCUT2D eigenvalue weighted by Gasteiger charge is 2.12. The third kappa shape index (κ3) is 3.78. The Morgan fingerprint density at radius 3 is 2.48 bits per heavy atom. The van der Waals surface area contributed by atoms with E-state index >= 15 is 0 Å². The van der Waals surface area contributed by atoms with Crippen molar-refractivity contribution in [2.45, 2.75) is 12.1 Å². The summed E-state index contributed by atoms with van der Waals surface area (Å²) in [6.07, 6.45) is 1.79. The van der Waals surface area contributed by atoms with Crippen molar-refractivity contribution in [2.24, 2.45) is 0 Å². The van der Waals surface area contributed by atoms with Crippen molar-refractivity contribution in [1.82, 2.24) is 9.97 Å². The van der Waals surface area contributed by atoms with Crippen molar-refractivity contribution in [3.63, 3.8) is 0 Å². The fraction of sp³-hybridized carbons (Fsp3) is 0.231. The minimum atomic E-state index is -1.26. The van der Waals surface area contributed by atoms with Crippen LogP contribution in [0.2, 0.25) is 0 Å². The summed E-state index contributed by atoms with van der Waals surface area (Å²) in [5, 5.41) is 6.02. The van der Waals surface area contributed by atoms with E-state index in [-0.39, 0.29) is 11.5 Å². The number of halogens is 3. The molecule has 0 unspecified atom stereocenters. The molecule has 21 heavy (non-hydrogen) atoms. The Bertz CT molecular complexity index is 652. The Kier molecular flexibility index (Phi) is 4.89. The van der Waals surface area contributed by atoms with Gasteiger partial charge in [0.1, 0.15) is 17.5 Å². The van der Waals surface area contributed by atoms with E-state index in [4.69, 9.17) is 0 Å². The molecule has 2 N–H and O–H groups in total. The van der Waals surface area contributed by atoms with E-state index < -0.39 is 17.5 Å². The molecular weight excluding hydrogens is 301 g/mol. The molecule has 1 aromatic heterocycles. The molecule has 0 aliphatic rings. The van der Waals surface area contributed by atoms with Gasteiger partial charge in [0, 0.05) is 24.7 Å². The average molecular weight is 314 g/mol. The molecule has 0 fully saturated rings. The first-order chi connectivity index (χ1) is 10.0. The molecule has 0 atom stereocenters. The lowest BCUT2D eigenvalue weighted by Crippen LogP contribution is -2.05. The topological polar surface area (TPSA) is 49.8 Å². The second-order valence-corrected chi connectivity index (χ2v) is 4.80. The van der Waals surface area contributed by atoms with Gasteiger partial charge in [-0.15, -0.1) is 0 Å². The van der Waals surface area contributed by atoms with Crippen LogP contribution < -0.4 is 10.6 Å². The van der Waals surface area contributed by atoms with E-state index in [1.54, 1.807) is 6.26 Å². The molecule has 0 saturated carbocycles. The van der Waals surface area contributed by atoms with Crippen molar-refractivity contribution in [3.8, 4) is 0 Å². The van der Waals surface area contributed by atoms with Gasteiger partial charge in [0.15, 0.2) is 16.8 Å². The van der Waals surface area contributed by atoms with Gasteiger partial charge in [-0.25, -0.2) is 23.1 Å². The first-order valence-corrected chi connectivity index (χ1v) is 7.34. The van der Waals surface area contributed by atoms with Crippen LogP contribution >= 0.6 is 11.8 Å². The molecule has 0 spiro atoms. The summed E-state index contributed by atoms with van der Waals surface area (Å²) < 4.78 is 40.0. The van der Waals surface area contributed by atoms with Gasteiger partial charge in [0.25, 0.3) is 0 Å². The standard InChI is InChI=1S/C13H13F3N4S/c1-3-17-10-6-11(20-13(19-10)21-2)18-9-5-7(14)4-8(15)12(9)16/h4-6H,3H2,1-2H3,(H2,17,18,19,20). The molecule has 0 amide bonds. The zero-order valence-electron chi connectivity index (χ0n) is 11.4. The number of rotatable bonds is 5. The maximum absolute atomic E-state index is 13.6. The number of thioether (sulfide) groups is 1. The smallest absolute Gasteiger partial charge is 0.191 e. The molecule has 0 aliphatic carbocycles. The van der Waals surface area contributed by atoms with Gasteiger partial charge in [0.05, 0.1) is 5.69 Å². The summed E-state index contributed by atoms with van der Waals surface area (Å²) >= 11 is 1.30. The minimum absolute atomic E-state index is 0.245. The fourth-order valence-electron chi connectivity index (χ4n) is 1.64. The van der Waals surface area contributed by atoms with E-state index in [0.717, 1.165) is 6.07 Å². The van der Waals surface area contributed by atoms with Crippen LogP contribution in [0.3, 0.4) is 0 Å². The van der Waals surface area contributed by atoms with Crippen LogP contribution in [0.4, 0.5) is 30.5 Å². The molecule has 112 valence electrons. The quantitative estimate of drug-likeness (QED) is 0.499. The molecule has 2 rings (SSSR count). The maximum Gasteiger partial charge on any atom is 0.191 e. The molecule has 4 nitrogen and oxygen atoms in total. The predicted molar refractivity (Wildman–Crippen MR) is 77.6 cm³/mol. The van der Waals surface area contributed by atoms with Crippen molar-refractivity contribution in [2.75, 3.05) is 23.4 Å². The summed E-state index contributed by atoms with van der Waals surface area (Å²) in [5.41, 5.74) is -0.319. The van der Waals surface area contributed by atoms with E-state index in [1.807, 2.05) is 6.92 Å². The Morgan fingerprint density at radius 1 is 1.10 bits per heavy atom. The number of benzene rings is 1. The Balaban J connectivity index is 2.37. The fourth-order valence-corrected chi connectivity index (χ4v) is 2.02. The molecule has 0 bridgehead atoms. The van der Waals surface area contributed by atoms with Gasteiger partial charge in [-0.2, -0.15) is 0 Å². The largest absolute Gasteiger partial charge is 0.370 e. The molecule has 0 aliphatic heterocycles. The first-order valence-electron chi connectivity index (χ1n) is 6.12. The lowest BCUT2D eigenvalue weighted by atomic mass is 10.3. The molecule has 8 heteroatoms. The number of nitrogens with zero attached hydrogens (tertiary/aromatic N) is 2. The number of hydrogen-bond acceptors (Lipinski definition) is 5. The van der Waals surface area contributed by atoms with Crippen LogP contribution in [0.25, 0.3) is 0 Å². The van der Waals surface area contributed by atoms with Crippen LogP contribution in [-0.4, -0.2) is 22.8 Å². The van der Waals surface area contributed by atoms with Gasteiger partial charge >= 0.3 is 0 Å². The summed E-state index contributed by atoms with van der Waals surface area (Å²) in [7, 11) is 0. The Hall–Kier alpha value is -1.96. The van der Waals surface area contributed by atoms with E-state index in [2.05, 4.69) is 20.6 Å². The van der Waals surface area contributed by atoms with Crippen LogP contribution in [-0.2, 0) is 0 Å². The Morgan fingerprint density at radius 2 is 1.81 bits per heavy atom. The van der Waals surface area contributed by atoms with Crippen LogP contribution in [0.5, 0.6) is 0 Å². The van der Waals surface area contributed by atoms with E-state index in [9.17, 15) is 13.2 Å². The molecule has 1 heterocycles. The third-order valence-electron chi connectivity index (χ3n) is 2.50. The number of anilines is 3. The summed E-state index contributed by atoms with van der Waals surface area (Å²) in [6.45, 7) is 2.54. The number of hydrogen-bond donors (Lipinski definition) is 2. The SMILES string of the molecule is CCNc1cc(Nc2cc(F)cc(F)c2F)nc(SC)n1. The third-order valence-corrected chi connectivity index (χ3v) is 3.05. The average Bonchev–Trinajstić information content (AvgIpc) is 2.44. The maximum atomic E-state index is 13.6. The van der Waals surface area contributed by atoms with Crippen molar-refractivity contribution >= 4 is 29.1 Å². The van der Waals surface area contributed by atoms with Gasteiger partial charge < -0.3 is 10.6 Å². The highest BCUT2D eigenvalue weighted by atomic mass is 32.2. The zero-order valence-corrected chi connectivity index (χ0v) is 12.2. The lowest BCUT2D eigenvalue weighted by molar-refractivity contribution is 0.498. The molecule has 0 radical (unpaired) electrons. The highest BCUT2D eigenvalue weighted by Crippen LogP contribution is 2.25. The lowest BCUT2D eigenvalue weighted by Gasteiger charge is -2.10. The molecular formula is C13H13F3N4S. The highest BCUT2D eigenvalue weighted by molar-refractivity contribution is 7.98. The van der Waals surface area contributed by atoms with E-state index in [1.165, 1.54) is 17.8 Å². The predicted octanol–water partition coefficient (Wildman–Crippen LogP) is 3.79. The summed E-state index contributed by atoms with van der Waals surface area (Å²) in [6, 6.07) is 2.88. The zero-order chi connectivity index (χ0) is 15.4. The van der Waals surface area contributed by atoms with Crippen LogP contribution in [0.15, 0.2) is 23.4 Å². The Labute approximate surface area is 124 Å². The van der Waals surface area contributed by atoms with Gasteiger partial charge in [-0.05, 0) is 13.2 Å². The van der Waals surface area contributed by atoms with Gasteiger partial charge in [0.2, 0.25) is 0 Å². The monoisotopic (exact) mass is 314 g/mol. The number of aromatic nitrogens is 2. The van der Waals surface area contributed by atoms with E-state index in [0.29, 0.717) is 23.6 Å². The second-order valence-electron chi connectivity index (χ2n) is 4.03. The minimum Gasteiger partial charge on any atom is -0.370 e. The van der Waals surface area contributed by atoms with Gasteiger partial charge in [-0.1, -0.05) is 11.8 Å². The number of nitrogens with one attached hydrogen (secondary N) is 2. The molecule has 2 aromatic rings.